The third kappa shape index (κ3) is 7.36. The zero-order chi connectivity index (χ0) is 25.4. The highest BCUT2D eigenvalue weighted by molar-refractivity contribution is 6.13. The van der Waals surface area contributed by atoms with Gasteiger partial charge in [0.2, 0.25) is 17.7 Å². The lowest BCUT2D eigenvalue weighted by Gasteiger charge is -2.19. The van der Waals surface area contributed by atoms with Crippen LogP contribution in [0.2, 0.25) is 0 Å². The number of benzene rings is 2. The molecule has 3 N–H and O–H groups in total. The van der Waals surface area contributed by atoms with Crippen LogP contribution < -0.4 is 16.0 Å². The zero-order valence-electron chi connectivity index (χ0n) is 19.6. The largest absolute Gasteiger partial charge is 0.345 e. The molecule has 2 aromatic carbocycles. The van der Waals surface area contributed by atoms with Crippen molar-refractivity contribution in [3.8, 4) is 0 Å². The molecular weight excluding hydrogens is 448 g/mol. The maximum Gasteiger partial charge on any atom is 0.253 e. The van der Waals surface area contributed by atoms with Gasteiger partial charge in [-0.15, -0.1) is 0 Å². The third-order valence-corrected chi connectivity index (χ3v) is 5.43. The molecule has 3 rings (SSSR count). The van der Waals surface area contributed by atoms with Crippen LogP contribution >= 0.6 is 0 Å². The molecule has 0 saturated carbocycles. The van der Waals surface area contributed by atoms with Crippen molar-refractivity contribution in [3.63, 3.8) is 0 Å². The van der Waals surface area contributed by atoms with E-state index in [1.54, 1.807) is 13.0 Å². The van der Waals surface area contributed by atoms with Crippen molar-refractivity contribution < 1.29 is 24.0 Å². The van der Waals surface area contributed by atoms with Gasteiger partial charge in [-0.1, -0.05) is 42.5 Å². The highest BCUT2D eigenvalue weighted by Gasteiger charge is 2.25. The molecular formula is C26H28N4O5. The molecule has 0 aromatic heterocycles. The van der Waals surface area contributed by atoms with Crippen LogP contribution in [0.5, 0.6) is 0 Å². The van der Waals surface area contributed by atoms with Crippen LogP contribution in [-0.2, 0) is 30.4 Å². The Kier molecular flexibility index (Phi) is 8.50. The molecule has 182 valence electrons. The monoisotopic (exact) mass is 476 g/mol. The number of hydrogen-bond donors (Lipinski definition) is 3. The number of carbonyl (C=O) groups excluding carboxylic acids is 5. The standard InChI is InChI=1S/C26H28N4O5/c1-17(27-22(31)13-14-30-23(32)11-12-24(30)33)25(34)28-18(2)26(35)29-21-10-6-9-20(16-21)15-19-7-4-3-5-8-19/h3-12,16-18H,13-15H2,1-2H3,(H,27,31)(H,28,34)(H,29,35)/t17-,18-/m1/s1. The van der Waals surface area contributed by atoms with Gasteiger partial charge in [-0.25, -0.2) is 0 Å². The van der Waals surface area contributed by atoms with Crippen LogP contribution in [0, 0.1) is 0 Å². The molecule has 1 aliphatic rings. The molecule has 2 aromatic rings. The zero-order valence-corrected chi connectivity index (χ0v) is 19.6. The van der Waals surface area contributed by atoms with Crippen molar-refractivity contribution in [2.24, 2.45) is 0 Å². The minimum absolute atomic E-state index is 0.0764. The van der Waals surface area contributed by atoms with Gasteiger partial charge in [0.25, 0.3) is 11.8 Å². The molecule has 2 atom stereocenters. The van der Waals surface area contributed by atoms with Crippen LogP contribution in [0.3, 0.4) is 0 Å². The number of nitrogens with one attached hydrogen (secondary N) is 3. The molecule has 0 unspecified atom stereocenters. The van der Waals surface area contributed by atoms with Crippen molar-refractivity contribution in [3.05, 3.63) is 77.9 Å². The third-order valence-electron chi connectivity index (χ3n) is 5.43. The summed E-state index contributed by atoms with van der Waals surface area (Å²) in [5.41, 5.74) is 2.81. The number of rotatable bonds is 10. The second-order valence-electron chi connectivity index (χ2n) is 8.28. The molecule has 35 heavy (non-hydrogen) atoms. The van der Waals surface area contributed by atoms with Gasteiger partial charge >= 0.3 is 0 Å². The predicted molar refractivity (Wildman–Crippen MR) is 130 cm³/mol. The van der Waals surface area contributed by atoms with Gasteiger partial charge in [0.1, 0.15) is 12.1 Å². The summed E-state index contributed by atoms with van der Waals surface area (Å²) < 4.78 is 0. The number of amides is 5. The molecule has 9 heteroatoms. The molecule has 0 bridgehead atoms. The lowest BCUT2D eigenvalue weighted by molar-refractivity contribution is -0.137. The van der Waals surface area contributed by atoms with E-state index < -0.39 is 41.6 Å². The predicted octanol–water partition coefficient (Wildman–Crippen LogP) is 1.54. The van der Waals surface area contributed by atoms with E-state index >= 15 is 0 Å². The fourth-order valence-corrected chi connectivity index (χ4v) is 3.49. The highest BCUT2D eigenvalue weighted by atomic mass is 16.2. The van der Waals surface area contributed by atoms with Crippen molar-refractivity contribution in [1.82, 2.24) is 15.5 Å². The van der Waals surface area contributed by atoms with Crippen LogP contribution in [0.4, 0.5) is 5.69 Å². The van der Waals surface area contributed by atoms with Gasteiger partial charge in [-0.05, 0) is 43.5 Å². The van der Waals surface area contributed by atoms with Crippen LogP contribution in [0.25, 0.3) is 0 Å². The van der Waals surface area contributed by atoms with Crippen molar-refractivity contribution in [1.29, 1.82) is 0 Å². The fraction of sp³-hybridized carbons (Fsp3) is 0.269. The van der Waals surface area contributed by atoms with E-state index in [0.29, 0.717) is 5.69 Å². The lowest BCUT2D eigenvalue weighted by Crippen LogP contribution is -2.50. The summed E-state index contributed by atoms with van der Waals surface area (Å²) in [6.45, 7) is 2.96. The van der Waals surface area contributed by atoms with E-state index in [2.05, 4.69) is 16.0 Å². The molecule has 0 saturated heterocycles. The first-order valence-corrected chi connectivity index (χ1v) is 11.3. The van der Waals surface area contributed by atoms with Crippen LogP contribution in [0.15, 0.2) is 66.7 Å². The molecule has 1 aliphatic heterocycles. The molecule has 0 fully saturated rings. The Bertz CT molecular complexity index is 1130. The molecule has 0 radical (unpaired) electrons. The number of imide groups is 1. The average Bonchev–Trinajstić information content (AvgIpc) is 3.15. The highest BCUT2D eigenvalue weighted by Crippen LogP contribution is 2.15. The van der Waals surface area contributed by atoms with Gasteiger partial charge in [-0.3, -0.25) is 28.9 Å². The van der Waals surface area contributed by atoms with Gasteiger partial charge in [0.05, 0.1) is 0 Å². The fourth-order valence-electron chi connectivity index (χ4n) is 3.49. The Morgan fingerprint density at radius 2 is 1.43 bits per heavy atom. The van der Waals surface area contributed by atoms with E-state index in [1.165, 1.54) is 6.92 Å². The van der Waals surface area contributed by atoms with Crippen molar-refractivity contribution in [2.75, 3.05) is 11.9 Å². The first-order valence-electron chi connectivity index (χ1n) is 11.3. The first-order chi connectivity index (χ1) is 16.7. The summed E-state index contributed by atoms with van der Waals surface area (Å²) in [5, 5.41) is 7.88. The average molecular weight is 477 g/mol. The van der Waals surface area contributed by atoms with E-state index in [-0.39, 0.29) is 13.0 Å². The molecule has 0 aliphatic carbocycles. The molecule has 1 heterocycles. The van der Waals surface area contributed by atoms with Gasteiger partial charge < -0.3 is 16.0 Å². The van der Waals surface area contributed by atoms with Gasteiger partial charge in [-0.2, -0.15) is 0 Å². The lowest BCUT2D eigenvalue weighted by atomic mass is 10.0. The van der Waals surface area contributed by atoms with Gasteiger partial charge in [0, 0.05) is 30.8 Å². The number of anilines is 1. The Labute approximate surface area is 203 Å². The Morgan fingerprint density at radius 1 is 0.800 bits per heavy atom. The summed E-state index contributed by atoms with van der Waals surface area (Å²) in [6.07, 6.45) is 2.88. The van der Waals surface area contributed by atoms with E-state index in [4.69, 9.17) is 0 Å². The SMILES string of the molecule is C[C@@H](NC(=O)CCN1C(=O)C=CC1=O)C(=O)N[C@H](C)C(=O)Nc1cccc(Cc2ccccc2)c1. The Hall–Kier alpha value is -4.27. The molecule has 0 spiro atoms. The smallest absolute Gasteiger partial charge is 0.253 e. The quantitative estimate of drug-likeness (QED) is 0.449. The summed E-state index contributed by atoms with van der Waals surface area (Å²) in [6, 6.07) is 15.7. The molecule has 9 nitrogen and oxygen atoms in total. The topological polar surface area (TPSA) is 125 Å². The van der Waals surface area contributed by atoms with E-state index in [0.717, 1.165) is 34.6 Å². The van der Waals surface area contributed by atoms with Gasteiger partial charge in [0.15, 0.2) is 0 Å². The Balaban J connectivity index is 1.45. The molecule has 5 amide bonds. The van der Waals surface area contributed by atoms with Crippen molar-refractivity contribution >= 4 is 35.2 Å². The second kappa shape index (κ2) is 11.7. The van der Waals surface area contributed by atoms with Crippen LogP contribution in [-0.4, -0.2) is 53.1 Å². The second-order valence-corrected chi connectivity index (χ2v) is 8.28. The van der Waals surface area contributed by atoms with Crippen LogP contribution in [0.1, 0.15) is 31.4 Å². The minimum atomic E-state index is -0.907. The minimum Gasteiger partial charge on any atom is -0.345 e. The summed E-state index contributed by atoms with van der Waals surface area (Å²) in [5.74, 6) is -2.37. The maximum atomic E-state index is 12.6. The van der Waals surface area contributed by atoms with Crippen molar-refractivity contribution in [2.45, 2.75) is 38.8 Å². The summed E-state index contributed by atoms with van der Waals surface area (Å²) >= 11 is 0. The summed E-state index contributed by atoms with van der Waals surface area (Å²) in [7, 11) is 0. The summed E-state index contributed by atoms with van der Waals surface area (Å²) in [4.78, 5) is 61.1. The first kappa shape index (κ1) is 25.4. The Morgan fingerprint density at radius 3 is 2.11 bits per heavy atom. The van der Waals surface area contributed by atoms with E-state index in [1.807, 2.05) is 48.5 Å². The van der Waals surface area contributed by atoms with E-state index in [9.17, 15) is 24.0 Å². The number of hydrogen-bond acceptors (Lipinski definition) is 5. The normalized spacial score (nSPS) is 14.4. The number of nitrogens with zero attached hydrogens (tertiary/aromatic N) is 1. The maximum absolute atomic E-state index is 12.6. The number of carbonyl (C=O) groups is 5.